The van der Waals surface area contributed by atoms with Crippen molar-refractivity contribution in [2.45, 2.75) is 25.3 Å². The lowest BCUT2D eigenvalue weighted by molar-refractivity contribution is 0.0943. The van der Waals surface area contributed by atoms with E-state index in [1.807, 2.05) is 40.9 Å². The summed E-state index contributed by atoms with van der Waals surface area (Å²) in [6, 6.07) is 12.9. The van der Waals surface area contributed by atoms with Gasteiger partial charge in [0.25, 0.3) is 5.91 Å². The maximum absolute atomic E-state index is 12.7. The van der Waals surface area contributed by atoms with Crippen molar-refractivity contribution < 1.29 is 9.32 Å². The van der Waals surface area contributed by atoms with E-state index >= 15 is 0 Å². The van der Waals surface area contributed by atoms with Crippen molar-refractivity contribution in [2.75, 3.05) is 0 Å². The van der Waals surface area contributed by atoms with E-state index in [-0.39, 0.29) is 12.5 Å². The smallest absolute Gasteiger partial charge is 0.272 e. The monoisotopic (exact) mass is 393 g/mol. The third kappa shape index (κ3) is 3.14. The lowest BCUT2D eigenvalue weighted by atomic mass is 10.2. The van der Waals surface area contributed by atoms with Crippen LogP contribution < -0.4 is 5.32 Å². The minimum atomic E-state index is -0.266. The first-order valence-electron chi connectivity index (χ1n) is 9.03. The Morgan fingerprint density at radius 1 is 1.21 bits per heavy atom. The summed E-state index contributed by atoms with van der Waals surface area (Å²) >= 11 is 6.00. The molecule has 0 atom stereocenters. The normalized spacial score (nSPS) is 13.8. The summed E-state index contributed by atoms with van der Waals surface area (Å²) in [7, 11) is 0. The van der Waals surface area contributed by atoms with Gasteiger partial charge in [-0.05, 0) is 37.1 Å². The molecule has 0 spiro atoms. The van der Waals surface area contributed by atoms with Gasteiger partial charge in [0.1, 0.15) is 5.82 Å². The third-order valence-corrected chi connectivity index (χ3v) is 4.92. The van der Waals surface area contributed by atoms with E-state index in [2.05, 4.69) is 20.4 Å². The Morgan fingerprint density at radius 3 is 2.93 bits per heavy atom. The molecule has 1 aliphatic carbocycles. The highest BCUT2D eigenvalue weighted by Gasteiger charge is 2.30. The summed E-state index contributed by atoms with van der Waals surface area (Å²) in [6.07, 6.45) is 4.18. The summed E-state index contributed by atoms with van der Waals surface area (Å²) in [5, 5.41) is 7.36. The number of hydrogen-bond acceptors (Lipinski definition) is 5. The first-order chi connectivity index (χ1) is 13.7. The highest BCUT2D eigenvalue weighted by atomic mass is 35.5. The van der Waals surface area contributed by atoms with Crippen molar-refractivity contribution in [2.24, 2.45) is 0 Å². The minimum Gasteiger partial charge on any atom is -0.342 e. The first kappa shape index (κ1) is 16.9. The van der Waals surface area contributed by atoms with Crippen LogP contribution in [-0.2, 0) is 6.54 Å². The number of halogens is 1. The maximum Gasteiger partial charge on any atom is 0.272 e. The van der Waals surface area contributed by atoms with Crippen LogP contribution in [0.15, 0.2) is 53.2 Å². The Hall–Kier alpha value is -3.19. The van der Waals surface area contributed by atoms with Crippen molar-refractivity contribution in [1.29, 1.82) is 0 Å². The topological polar surface area (TPSA) is 85.3 Å². The number of hydrogen-bond donors (Lipinski definition) is 1. The molecule has 4 aromatic rings. The van der Waals surface area contributed by atoms with Gasteiger partial charge < -0.3 is 14.2 Å². The standard InChI is InChI=1S/C20H16ClN5O2/c21-14-5-3-4-13(10-14)18-23-16(28-25-18)11-22-20(27)17-15-6-1-2-9-26(15)19(24-17)12-7-8-12/h1-6,9-10,12H,7-8,11H2,(H,22,27). The fourth-order valence-electron chi connectivity index (χ4n) is 3.17. The van der Waals surface area contributed by atoms with Gasteiger partial charge >= 0.3 is 0 Å². The largest absolute Gasteiger partial charge is 0.342 e. The molecule has 5 rings (SSSR count). The lowest BCUT2D eigenvalue weighted by Crippen LogP contribution is -2.23. The molecule has 1 aromatic carbocycles. The molecular formula is C20H16ClN5O2. The average molecular weight is 394 g/mol. The zero-order chi connectivity index (χ0) is 19.1. The predicted octanol–water partition coefficient (Wildman–Crippen LogP) is 3.85. The molecule has 0 saturated heterocycles. The fraction of sp³-hybridized carbons (Fsp3) is 0.200. The van der Waals surface area contributed by atoms with E-state index in [9.17, 15) is 4.79 Å². The van der Waals surface area contributed by atoms with Crippen LogP contribution in [0.2, 0.25) is 5.02 Å². The number of fused-ring (bicyclic) bond motifs is 1. The van der Waals surface area contributed by atoms with Gasteiger partial charge in [-0.15, -0.1) is 0 Å². The third-order valence-electron chi connectivity index (χ3n) is 4.68. The van der Waals surface area contributed by atoms with Crippen LogP contribution in [0.3, 0.4) is 0 Å². The Labute approximate surface area is 165 Å². The number of carbonyl (C=O) groups is 1. The number of carbonyl (C=O) groups excluding carboxylic acids is 1. The van der Waals surface area contributed by atoms with E-state index in [0.717, 1.165) is 29.7 Å². The van der Waals surface area contributed by atoms with Gasteiger partial charge in [-0.25, -0.2) is 4.98 Å². The quantitative estimate of drug-likeness (QED) is 0.556. The molecule has 0 bridgehead atoms. The van der Waals surface area contributed by atoms with Crippen molar-refractivity contribution in [3.05, 3.63) is 71.1 Å². The highest BCUT2D eigenvalue weighted by molar-refractivity contribution is 6.30. The van der Waals surface area contributed by atoms with Crippen molar-refractivity contribution in [3.63, 3.8) is 0 Å². The van der Waals surface area contributed by atoms with Crippen LogP contribution in [0.4, 0.5) is 0 Å². The van der Waals surface area contributed by atoms with Gasteiger partial charge in [-0.1, -0.05) is 35.0 Å². The predicted molar refractivity (Wildman–Crippen MR) is 103 cm³/mol. The number of aromatic nitrogens is 4. The summed E-state index contributed by atoms with van der Waals surface area (Å²) in [5.74, 6) is 1.86. The fourth-order valence-corrected chi connectivity index (χ4v) is 3.36. The van der Waals surface area contributed by atoms with Crippen molar-refractivity contribution in [3.8, 4) is 11.4 Å². The zero-order valence-electron chi connectivity index (χ0n) is 14.8. The molecule has 1 aliphatic rings. The molecule has 7 nitrogen and oxygen atoms in total. The number of amides is 1. The molecule has 1 saturated carbocycles. The van der Waals surface area contributed by atoms with E-state index in [1.165, 1.54) is 0 Å². The molecule has 140 valence electrons. The summed E-state index contributed by atoms with van der Waals surface area (Å²) < 4.78 is 7.24. The van der Waals surface area contributed by atoms with Gasteiger partial charge in [0, 0.05) is 22.7 Å². The maximum atomic E-state index is 12.7. The molecule has 1 N–H and O–H groups in total. The van der Waals surface area contributed by atoms with Gasteiger partial charge in [0.15, 0.2) is 5.69 Å². The molecular weight excluding hydrogens is 378 g/mol. The van der Waals surface area contributed by atoms with Crippen LogP contribution in [0.1, 0.15) is 41.0 Å². The SMILES string of the molecule is O=C(NCc1nc(-c2cccc(Cl)c2)no1)c1nc(C2CC2)n2ccccc12. The molecule has 28 heavy (non-hydrogen) atoms. The van der Waals surface area contributed by atoms with Crippen LogP contribution >= 0.6 is 11.6 Å². The molecule has 0 unspecified atom stereocenters. The Balaban J connectivity index is 1.34. The van der Waals surface area contributed by atoms with E-state index in [4.69, 9.17) is 16.1 Å². The molecule has 0 aliphatic heterocycles. The highest BCUT2D eigenvalue weighted by Crippen LogP contribution is 2.40. The van der Waals surface area contributed by atoms with Crippen molar-refractivity contribution in [1.82, 2.24) is 24.8 Å². The minimum absolute atomic E-state index is 0.122. The number of rotatable bonds is 5. The van der Waals surface area contributed by atoms with Gasteiger partial charge in [-0.2, -0.15) is 4.98 Å². The zero-order valence-corrected chi connectivity index (χ0v) is 15.6. The van der Waals surface area contributed by atoms with Gasteiger partial charge in [0.05, 0.1) is 12.1 Å². The summed E-state index contributed by atoms with van der Waals surface area (Å²) in [6.45, 7) is 0.122. The Bertz CT molecular complexity index is 1180. The second-order valence-corrected chi connectivity index (χ2v) is 7.19. The second kappa shape index (κ2) is 6.76. The van der Waals surface area contributed by atoms with Crippen LogP contribution in [0.25, 0.3) is 16.9 Å². The van der Waals surface area contributed by atoms with Crippen LogP contribution in [0.5, 0.6) is 0 Å². The number of nitrogens with zero attached hydrogens (tertiary/aromatic N) is 4. The Kier molecular flexibility index (Phi) is 4.09. The lowest BCUT2D eigenvalue weighted by Gasteiger charge is -2.00. The first-order valence-corrected chi connectivity index (χ1v) is 9.40. The van der Waals surface area contributed by atoms with Crippen LogP contribution in [-0.4, -0.2) is 25.4 Å². The number of pyridine rings is 1. The summed E-state index contributed by atoms with van der Waals surface area (Å²) in [4.78, 5) is 21.6. The number of benzene rings is 1. The average Bonchev–Trinajstić information content (AvgIpc) is 3.31. The van der Waals surface area contributed by atoms with E-state index in [0.29, 0.717) is 28.3 Å². The molecule has 1 fully saturated rings. The van der Waals surface area contributed by atoms with E-state index in [1.54, 1.807) is 12.1 Å². The molecule has 3 heterocycles. The van der Waals surface area contributed by atoms with E-state index < -0.39 is 0 Å². The summed E-state index contributed by atoms with van der Waals surface area (Å²) in [5.41, 5.74) is 1.96. The van der Waals surface area contributed by atoms with Gasteiger partial charge in [0.2, 0.25) is 11.7 Å². The molecule has 3 aromatic heterocycles. The molecule has 1 amide bonds. The number of imidazole rings is 1. The molecule has 8 heteroatoms. The van der Waals surface area contributed by atoms with Gasteiger partial charge in [-0.3, -0.25) is 4.79 Å². The second-order valence-electron chi connectivity index (χ2n) is 6.75. The Morgan fingerprint density at radius 2 is 2.11 bits per heavy atom. The number of nitrogens with one attached hydrogen (secondary N) is 1. The molecule has 0 radical (unpaired) electrons. The van der Waals surface area contributed by atoms with Crippen LogP contribution in [0, 0.1) is 0 Å². The van der Waals surface area contributed by atoms with Crippen molar-refractivity contribution >= 4 is 23.0 Å².